The largest absolute Gasteiger partial charge is 0.489 e. The Morgan fingerprint density at radius 1 is 1.75 bits per heavy atom. The Balaban J connectivity index is 2.58. The van der Waals surface area contributed by atoms with Gasteiger partial charge in [0.05, 0.1) is 10.7 Å². The van der Waals surface area contributed by atoms with Gasteiger partial charge in [-0.1, -0.05) is 18.5 Å². The van der Waals surface area contributed by atoms with E-state index in [0.717, 1.165) is 12.0 Å². The number of rotatable bonds is 2. The molecule has 1 unspecified atom stereocenters. The standard InChI is InChI=1S/C11H12ClNO3/c1-2-5-3-6-9(13)8(12)4-7(11(14)15)10(6)16-5/h4-5H,2-3,13H2,1H3,(H,14,15). The van der Waals surface area contributed by atoms with Crippen molar-refractivity contribution in [1.29, 1.82) is 0 Å². The molecule has 1 heterocycles. The zero-order valence-electron chi connectivity index (χ0n) is 8.79. The number of carboxylic acid groups (broad SMARTS) is 1. The second kappa shape index (κ2) is 3.87. The Labute approximate surface area is 98.0 Å². The van der Waals surface area contributed by atoms with Crippen molar-refractivity contribution in [2.45, 2.75) is 25.9 Å². The van der Waals surface area contributed by atoms with E-state index in [1.54, 1.807) is 0 Å². The lowest BCUT2D eigenvalue weighted by Gasteiger charge is -2.09. The van der Waals surface area contributed by atoms with Crippen LogP contribution in [0.2, 0.25) is 5.02 Å². The summed E-state index contributed by atoms with van der Waals surface area (Å²) in [5.41, 5.74) is 7.05. The molecule has 0 radical (unpaired) electrons. The summed E-state index contributed by atoms with van der Waals surface area (Å²) >= 11 is 5.89. The number of carbonyl (C=O) groups is 1. The van der Waals surface area contributed by atoms with Crippen LogP contribution in [0.3, 0.4) is 0 Å². The molecular formula is C11H12ClNO3. The molecule has 0 spiro atoms. The van der Waals surface area contributed by atoms with Crippen LogP contribution in [0.25, 0.3) is 0 Å². The minimum absolute atomic E-state index is 0.00568. The molecule has 16 heavy (non-hydrogen) atoms. The SMILES string of the molecule is CCC1Cc2c(N)c(Cl)cc(C(=O)O)c2O1. The average Bonchev–Trinajstić information content (AvgIpc) is 2.67. The number of fused-ring (bicyclic) bond motifs is 1. The van der Waals surface area contributed by atoms with Gasteiger partial charge in [0.1, 0.15) is 17.4 Å². The Kier molecular flexibility index (Phi) is 2.68. The van der Waals surface area contributed by atoms with Gasteiger partial charge in [-0.05, 0) is 12.5 Å². The Bertz CT molecular complexity index is 459. The van der Waals surface area contributed by atoms with Gasteiger partial charge in [-0.2, -0.15) is 0 Å². The van der Waals surface area contributed by atoms with Gasteiger partial charge in [0.2, 0.25) is 0 Å². The van der Waals surface area contributed by atoms with E-state index < -0.39 is 5.97 Å². The normalized spacial score (nSPS) is 18.0. The molecule has 3 N–H and O–H groups in total. The molecule has 4 nitrogen and oxygen atoms in total. The van der Waals surface area contributed by atoms with Gasteiger partial charge >= 0.3 is 5.97 Å². The molecule has 0 saturated carbocycles. The number of hydrogen-bond donors (Lipinski definition) is 2. The lowest BCUT2D eigenvalue weighted by molar-refractivity contribution is 0.0691. The smallest absolute Gasteiger partial charge is 0.339 e. The summed E-state index contributed by atoms with van der Waals surface area (Å²) in [7, 11) is 0. The molecule has 1 aliphatic rings. The van der Waals surface area contributed by atoms with Crippen molar-refractivity contribution < 1.29 is 14.6 Å². The van der Waals surface area contributed by atoms with Gasteiger partial charge in [0.15, 0.2) is 0 Å². The van der Waals surface area contributed by atoms with E-state index in [4.69, 9.17) is 27.2 Å². The van der Waals surface area contributed by atoms with E-state index in [1.165, 1.54) is 6.07 Å². The summed E-state index contributed by atoms with van der Waals surface area (Å²) in [4.78, 5) is 11.0. The summed E-state index contributed by atoms with van der Waals surface area (Å²) in [5.74, 6) is -0.670. The molecule has 5 heteroatoms. The monoisotopic (exact) mass is 241 g/mol. The molecular weight excluding hydrogens is 230 g/mol. The van der Waals surface area contributed by atoms with Crippen molar-refractivity contribution in [2.75, 3.05) is 5.73 Å². The zero-order chi connectivity index (χ0) is 11.9. The van der Waals surface area contributed by atoms with E-state index in [9.17, 15) is 4.79 Å². The van der Waals surface area contributed by atoms with Crippen LogP contribution in [0.15, 0.2) is 6.07 Å². The predicted molar refractivity (Wildman–Crippen MR) is 61.2 cm³/mol. The number of carboxylic acids is 1. The average molecular weight is 242 g/mol. The lowest BCUT2D eigenvalue weighted by atomic mass is 10.0. The van der Waals surface area contributed by atoms with Gasteiger partial charge in [0, 0.05) is 12.0 Å². The third-order valence-electron chi connectivity index (χ3n) is 2.77. The summed E-state index contributed by atoms with van der Waals surface area (Å²) in [5, 5.41) is 9.32. The highest BCUT2D eigenvalue weighted by molar-refractivity contribution is 6.33. The summed E-state index contributed by atoms with van der Waals surface area (Å²) in [6, 6.07) is 1.34. The van der Waals surface area contributed by atoms with Gasteiger partial charge in [0.25, 0.3) is 0 Å². The molecule has 86 valence electrons. The van der Waals surface area contributed by atoms with Gasteiger partial charge in [-0.25, -0.2) is 4.79 Å². The maximum absolute atomic E-state index is 11.0. The molecule has 1 aromatic carbocycles. The molecule has 0 aromatic heterocycles. The molecule has 1 aromatic rings. The number of aromatic carboxylic acids is 1. The first-order valence-electron chi connectivity index (χ1n) is 5.05. The third-order valence-corrected chi connectivity index (χ3v) is 3.09. The fourth-order valence-corrected chi connectivity index (χ4v) is 2.08. The quantitative estimate of drug-likeness (QED) is 0.780. The van der Waals surface area contributed by atoms with Gasteiger partial charge in [-0.15, -0.1) is 0 Å². The van der Waals surface area contributed by atoms with E-state index >= 15 is 0 Å². The Morgan fingerprint density at radius 3 is 3.00 bits per heavy atom. The Hall–Kier alpha value is -1.42. The first-order chi connectivity index (χ1) is 7.54. The molecule has 0 aliphatic carbocycles. The Morgan fingerprint density at radius 2 is 2.44 bits per heavy atom. The molecule has 1 aliphatic heterocycles. The van der Waals surface area contributed by atoms with Crippen molar-refractivity contribution in [3.8, 4) is 5.75 Å². The number of hydrogen-bond acceptors (Lipinski definition) is 3. The minimum Gasteiger partial charge on any atom is -0.489 e. The predicted octanol–water partition coefficient (Wildman–Crippen LogP) is 2.33. The van der Waals surface area contributed by atoms with Crippen LogP contribution in [0.5, 0.6) is 5.75 Å². The number of nitrogens with two attached hydrogens (primary N) is 1. The highest BCUT2D eigenvalue weighted by Gasteiger charge is 2.30. The van der Waals surface area contributed by atoms with E-state index in [-0.39, 0.29) is 16.7 Å². The van der Waals surface area contributed by atoms with Gasteiger partial charge in [-0.3, -0.25) is 0 Å². The highest BCUT2D eigenvalue weighted by atomic mass is 35.5. The minimum atomic E-state index is -1.05. The van der Waals surface area contributed by atoms with E-state index in [2.05, 4.69) is 0 Å². The van der Waals surface area contributed by atoms with Crippen molar-refractivity contribution in [3.63, 3.8) is 0 Å². The fourth-order valence-electron chi connectivity index (χ4n) is 1.86. The van der Waals surface area contributed by atoms with Crippen molar-refractivity contribution in [1.82, 2.24) is 0 Å². The van der Waals surface area contributed by atoms with Crippen molar-refractivity contribution >= 4 is 23.3 Å². The number of nitrogen functional groups attached to an aromatic ring is 1. The maximum atomic E-state index is 11.0. The van der Waals surface area contributed by atoms with Crippen LogP contribution < -0.4 is 10.5 Å². The van der Waals surface area contributed by atoms with Crippen molar-refractivity contribution in [3.05, 3.63) is 22.2 Å². The summed E-state index contributed by atoms with van der Waals surface area (Å²) in [6.07, 6.45) is 1.43. The van der Waals surface area contributed by atoms with Gasteiger partial charge < -0.3 is 15.6 Å². The summed E-state index contributed by atoms with van der Waals surface area (Å²) in [6.45, 7) is 1.98. The zero-order valence-corrected chi connectivity index (χ0v) is 9.54. The molecule has 0 fully saturated rings. The summed E-state index contributed by atoms with van der Waals surface area (Å²) < 4.78 is 5.56. The van der Waals surface area contributed by atoms with Crippen LogP contribution in [-0.2, 0) is 6.42 Å². The van der Waals surface area contributed by atoms with Crippen LogP contribution in [-0.4, -0.2) is 17.2 Å². The molecule has 0 bridgehead atoms. The maximum Gasteiger partial charge on any atom is 0.339 e. The molecule has 2 rings (SSSR count). The van der Waals surface area contributed by atoms with E-state index in [0.29, 0.717) is 17.9 Å². The van der Waals surface area contributed by atoms with Crippen LogP contribution in [0.1, 0.15) is 29.3 Å². The number of halogens is 1. The van der Waals surface area contributed by atoms with Crippen LogP contribution >= 0.6 is 11.6 Å². The molecule has 1 atom stereocenters. The second-order valence-corrected chi connectivity index (χ2v) is 4.19. The number of anilines is 1. The second-order valence-electron chi connectivity index (χ2n) is 3.78. The van der Waals surface area contributed by atoms with Crippen LogP contribution in [0, 0.1) is 0 Å². The number of benzene rings is 1. The lowest BCUT2D eigenvalue weighted by Crippen LogP contribution is -2.11. The first kappa shape index (κ1) is 11.1. The van der Waals surface area contributed by atoms with Crippen LogP contribution in [0.4, 0.5) is 5.69 Å². The topological polar surface area (TPSA) is 72.6 Å². The molecule has 0 amide bonds. The molecule has 0 saturated heterocycles. The van der Waals surface area contributed by atoms with Crippen molar-refractivity contribution in [2.24, 2.45) is 0 Å². The van der Waals surface area contributed by atoms with E-state index in [1.807, 2.05) is 6.92 Å². The highest BCUT2D eigenvalue weighted by Crippen LogP contribution is 2.41. The third kappa shape index (κ3) is 1.59. The first-order valence-corrected chi connectivity index (χ1v) is 5.43. The fraction of sp³-hybridized carbons (Fsp3) is 0.364. The number of ether oxygens (including phenoxy) is 1.